The minimum atomic E-state index is -2.71. The maximum atomic E-state index is 12.1. The third kappa shape index (κ3) is 3.08. The van der Waals surface area contributed by atoms with Gasteiger partial charge in [0.25, 0.3) is 0 Å². The van der Waals surface area contributed by atoms with Crippen LogP contribution in [0.25, 0.3) is 0 Å². The molecule has 2 aliphatic carbocycles. The van der Waals surface area contributed by atoms with E-state index in [1.165, 1.54) is 0 Å². The Morgan fingerprint density at radius 3 is 1.92 bits per heavy atom. The molecule has 3 nitrogen and oxygen atoms in total. The molecule has 13 heavy (non-hydrogen) atoms. The lowest BCUT2D eigenvalue weighted by molar-refractivity contribution is 0.189. The highest BCUT2D eigenvalue weighted by Crippen LogP contribution is 2.56. The van der Waals surface area contributed by atoms with Crippen LogP contribution in [0.3, 0.4) is 0 Å². The SMILES string of the molecule is CCCP(=O)(OC1CC1)OC1CC1. The average Bonchev–Trinajstić information content (AvgIpc) is 2.85. The Hall–Kier alpha value is 0.150. The summed E-state index contributed by atoms with van der Waals surface area (Å²) in [6.45, 7) is 2.01. The van der Waals surface area contributed by atoms with Crippen molar-refractivity contribution < 1.29 is 13.6 Å². The summed E-state index contributed by atoms with van der Waals surface area (Å²) in [6.07, 6.45) is 6.15. The van der Waals surface area contributed by atoms with Crippen molar-refractivity contribution in [1.29, 1.82) is 0 Å². The van der Waals surface area contributed by atoms with Gasteiger partial charge in [0.15, 0.2) is 0 Å². The van der Waals surface area contributed by atoms with E-state index >= 15 is 0 Å². The monoisotopic (exact) mass is 204 g/mol. The molecule has 4 heteroatoms. The minimum Gasteiger partial charge on any atom is -0.305 e. The molecule has 0 spiro atoms. The van der Waals surface area contributed by atoms with E-state index < -0.39 is 7.60 Å². The van der Waals surface area contributed by atoms with E-state index in [1.807, 2.05) is 6.92 Å². The first-order chi connectivity index (χ1) is 6.22. The largest absolute Gasteiger partial charge is 0.331 e. The molecule has 0 aromatic heterocycles. The lowest BCUT2D eigenvalue weighted by atomic mass is 10.6. The van der Waals surface area contributed by atoms with Gasteiger partial charge in [0.2, 0.25) is 0 Å². The first kappa shape index (κ1) is 9.70. The highest BCUT2D eigenvalue weighted by molar-refractivity contribution is 7.53. The zero-order valence-electron chi connectivity index (χ0n) is 8.07. The van der Waals surface area contributed by atoms with E-state index in [0.29, 0.717) is 6.16 Å². The minimum absolute atomic E-state index is 0.233. The molecule has 76 valence electrons. The second-order valence-electron chi connectivity index (χ2n) is 3.94. The third-order valence-electron chi connectivity index (χ3n) is 2.17. The summed E-state index contributed by atoms with van der Waals surface area (Å²) < 4.78 is 23.0. The zero-order valence-corrected chi connectivity index (χ0v) is 8.96. The van der Waals surface area contributed by atoms with E-state index in [0.717, 1.165) is 32.1 Å². The Morgan fingerprint density at radius 1 is 1.15 bits per heavy atom. The molecule has 2 fully saturated rings. The van der Waals surface area contributed by atoms with Crippen molar-refractivity contribution in [1.82, 2.24) is 0 Å². The number of rotatable bonds is 6. The summed E-state index contributed by atoms with van der Waals surface area (Å²) in [6, 6.07) is 0. The van der Waals surface area contributed by atoms with Crippen LogP contribution in [-0.2, 0) is 13.6 Å². The predicted octanol–water partition coefficient (Wildman–Crippen LogP) is 2.95. The number of hydrogen-bond donors (Lipinski definition) is 0. The van der Waals surface area contributed by atoms with Crippen LogP contribution in [0.5, 0.6) is 0 Å². The van der Waals surface area contributed by atoms with Crippen LogP contribution < -0.4 is 0 Å². The second-order valence-corrected chi connectivity index (χ2v) is 6.03. The zero-order chi connectivity index (χ0) is 9.31. The van der Waals surface area contributed by atoms with Crippen LogP contribution in [0.1, 0.15) is 39.0 Å². The fraction of sp³-hybridized carbons (Fsp3) is 1.00. The number of hydrogen-bond acceptors (Lipinski definition) is 3. The molecule has 2 aliphatic rings. The van der Waals surface area contributed by atoms with Crippen LogP contribution >= 0.6 is 7.60 Å². The highest BCUT2D eigenvalue weighted by atomic mass is 31.2. The highest BCUT2D eigenvalue weighted by Gasteiger charge is 2.38. The Bertz CT molecular complexity index is 203. The van der Waals surface area contributed by atoms with Crippen molar-refractivity contribution in [2.45, 2.75) is 51.2 Å². The summed E-state index contributed by atoms with van der Waals surface area (Å²) in [5.74, 6) is 0. The van der Waals surface area contributed by atoms with Crippen molar-refractivity contribution in [3.05, 3.63) is 0 Å². The molecule has 0 bridgehead atoms. The molecule has 0 aliphatic heterocycles. The predicted molar refractivity (Wildman–Crippen MR) is 51.0 cm³/mol. The molecule has 0 atom stereocenters. The van der Waals surface area contributed by atoms with Crippen molar-refractivity contribution in [2.75, 3.05) is 6.16 Å². The van der Waals surface area contributed by atoms with Gasteiger partial charge in [0, 0.05) is 6.16 Å². The van der Waals surface area contributed by atoms with E-state index in [-0.39, 0.29) is 12.2 Å². The lowest BCUT2D eigenvalue weighted by Gasteiger charge is -2.17. The Kier molecular flexibility index (Phi) is 2.77. The van der Waals surface area contributed by atoms with Crippen LogP contribution in [0.15, 0.2) is 0 Å². The smallest absolute Gasteiger partial charge is 0.305 e. The molecule has 0 aromatic carbocycles. The molecule has 2 rings (SSSR count). The van der Waals surface area contributed by atoms with Gasteiger partial charge in [-0.15, -0.1) is 0 Å². The molecular weight excluding hydrogens is 187 g/mol. The molecule has 0 aromatic rings. The summed E-state index contributed by atoms with van der Waals surface area (Å²) in [4.78, 5) is 0. The van der Waals surface area contributed by atoms with Crippen LogP contribution in [0.2, 0.25) is 0 Å². The van der Waals surface area contributed by atoms with Gasteiger partial charge < -0.3 is 9.05 Å². The Balaban J connectivity index is 1.86. The third-order valence-corrected chi connectivity index (χ3v) is 4.40. The standard InChI is InChI=1S/C9H17O3P/c1-2-7-13(10,11-8-3-4-8)12-9-5-6-9/h8-9H,2-7H2,1H3. The maximum absolute atomic E-state index is 12.1. The van der Waals surface area contributed by atoms with Gasteiger partial charge in [-0.3, -0.25) is 4.57 Å². The van der Waals surface area contributed by atoms with Gasteiger partial charge in [-0.05, 0) is 32.1 Å². The molecule has 0 radical (unpaired) electrons. The molecular formula is C9H17O3P. The lowest BCUT2D eigenvalue weighted by Crippen LogP contribution is -2.02. The fourth-order valence-corrected chi connectivity index (χ4v) is 3.34. The summed E-state index contributed by atoms with van der Waals surface area (Å²) in [7, 11) is -2.71. The van der Waals surface area contributed by atoms with Crippen molar-refractivity contribution in [2.24, 2.45) is 0 Å². The van der Waals surface area contributed by atoms with Crippen LogP contribution in [0, 0.1) is 0 Å². The van der Waals surface area contributed by atoms with Gasteiger partial charge in [0.1, 0.15) is 0 Å². The molecule has 0 heterocycles. The van der Waals surface area contributed by atoms with Gasteiger partial charge in [-0.2, -0.15) is 0 Å². The van der Waals surface area contributed by atoms with Gasteiger partial charge in [-0.25, -0.2) is 0 Å². The molecule has 0 N–H and O–H groups in total. The molecule has 0 saturated heterocycles. The first-order valence-corrected chi connectivity index (χ1v) is 6.90. The van der Waals surface area contributed by atoms with Gasteiger partial charge in [0.05, 0.1) is 12.2 Å². The summed E-state index contributed by atoms with van der Waals surface area (Å²) in [5, 5.41) is 0. The maximum Gasteiger partial charge on any atom is 0.331 e. The van der Waals surface area contributed by atoms with Crippen LogP contribution in [0.4, 0.5) is 0 Å². The average molecular weight is 204 g/mol. The van der Waals surface area contributed by atoms with Crippen molar-refractivity contribution in [3.63, 3.8) is 0 Å². The Morgan fingerprint density at radius 2 is 1.62 bits per heavy atom. The normalized spacial score (nSPS) is 23.5. The van der Waals surface area contributed by atoms with E-state index in [4.69, 9.17) is 9.05 Å². The Labute approximate surface area is 79.3 Å². The summed E-state index contributed by atoms with van der Waals surface area (Å²) in [5.41, 5.74) is 0. The van der Waals surface area contributed by atoms with Gasteiger partial charge in [-0.1, -0.05) is 6.92 Å². The van der Waals surface area contributed by atoms with Crippen molar-refractivity contribution in [3.8, 4) is 0 Å². The topological polar surface area (TPSA) is 35.5 Å². The summed E-state index contributed by atoms with van der Waals surface area (Å²) >= 11 is 0. The van der Waals surface area contributed by atoms with Gasteiger partial charge >= 0.3 is 7.60 Å². The van der Waals surface area contributed by atoms with Crippen molar-refractivity contribution >= 4 is 7.60 Å². The fourth-order valence-electron chi connectivity index (χ4n) is 1.21. The van der Waals surface area contributed by atoms with Crippen LogP contribution in [-0.4, -0.2) is 18.4 Å². The molecule has 2 saturated carbocycles. The second kappa shape index (κ2) is 3.72. The van der Waals surface area contributed by atoms with E-state index in [9.17, 15) is 4.57 Å². The molecule has 0 unspecified atom stereocenters. The first-order valence-electron chi connectivity index (χ1n) is 5.18. The quantitative estimate of drug-likeness (QED) is 0.624. The van der Waals surface area contributed by atoms with E-state index in [1.54, 1.807) is 0 Å². The van der Waals surface area contributed by atoms with E-state index in [2.05, 4.69) is 0 Å². The molecule has 0 amide bonds.